The fourth-order valence-corrected chi connectivity index (χ4v) is 1.73. The van der Waals surface area contributed by atoms with Crippen molar-refractivity contribution < 1.29 is 4.79 Å². The molecule has 0 bridgehead atoms. The number of amides is 1. The van der Waals surface area contributed by atoms with Crippen LogP contribution in [0.2, 0.25) is 0 Å². The normalized spacial score (nSPS) is 11.9. The van der Waals surface area contributed by atoms with E-state index in [0.29, 0.717) is 6.54 Å². The summed E-state index contributed by atoms with van der Waals surface area (Å²) in [4.78, 5) is 13.8. The van der Waals surface area contributed by atoms with Gasteiger partial charge in [0.2, 0.25) is 5.91 Å². The van der Waals surface area contributed by atoms with E-state index in [2.05, 4.69) is 27.7 Å². The Morgan fingerprint density at radius 3 is 2.13 bits per heavy atom. The van der Waals surface area contributed by atoms with E-state index in [1.165, 1.54) is 0 Å². The monoisotopic (exact) mass is 214 g/mol. The molecule has 15 heavy (non-hydrogen) atoms. The van der Waals surface area contributed by atoms with Crippen molar-refractivity contribution in [2.45, 2.75) is 40.5 Å². The molecule has 0 aromatic heterocycles. The van der Waals surface area contributed by atoms with Gasteiger partial charge in [-0.1, -0.05) is 27.7 Å². The van der Waals surface area contributed by atoms with E-state index in [-0.39, 0.29) is 17.2 Å². The largest absolute Gasteiger partial charge is 0.345 e. The van der Waals surface area contributed by atoms with Crippen LogP contribution in [0.4, 0.5) is 0 Å². The predicted molar refractivity (Wildman–Crippen MR) is 64.5 cm³/mol. The third kappa shape index (κ3) is 4.65. The standard InChI is InChI=1S/C12H26N2O/c1-6-10(7-2)11(15)14(5)9-12(3,4)8-13/h10H,6-9,13H2,1-5H3. The number of carbonyl (C=O) groups is 1. The molecular formula is C12H26N2O. The van der Waals surface area contributed by atoms with Crippen LogP contribution in [0.25, 0.3) is 0 Å². The number of carbonyl (C=O) groups excluding carboxylic acids is 1. The van der Waals surface area contributed by atoms with Crippen molar-refractivity contribution in [3.8, 4) is 0 Å². The first-order valence-electron chi connectivity index (χ1n) is 5.83. The summed E-state index contributed by atoms with van der Waals surface area (Å²) in [6.07, 6.45) is 1.84. The average Bonchev–Trinajstić information content (AvgIpc) is 2.19. The van der Waals surface area contributed by atoms with Crippen LogP contribution in [0.3, 0.4) is 0 Å². The minimum Gasteiger partial charge on any atom is -0.345 e. The van der Waals surface area contributed by atoms with Gasteiger partial charge in [0.25, 0.3) is 0 Å². The Labute approximate surface area is 94.0 Å². The van der Waals surface area contributed by atoms with Gasteiger partial charge < -0.3 is 10.6 Å². The van der Waals surface area contributed by atoms with E-state index >= 15 is 0 Å². The molecule has 0 aliphatic heterocycles. The van der Waals surface area contributed by atoms with Crippen LogP contribution in [0.15, 0.2) is 0 Å². The highest BCUT2D eigenvalue weighted by molar-refractivity contribution is 5.78. The predicted octanol–water partition coefficient (Wildman–Crippen LogP) is 1.87. The third-order valence-electron chi connectivity index (χ3n) is 2.93. The van der Waals surface area contributed by atoms with Gasteiger partial charge in [0, 0.05) is 19.5 Å². The molecule has 0 saturated carbocycles. The Morgan fingerprint density at radius 2 is 1.80 bits per heavy atom. The van der Waals surface area contributed by atoms with Gasteiger partial charge in [-0.2, -0.15) is 0 Å². The van der Waals surface area contributed by atoms with Crippen LogP contribution in [0.1, 0.15) is 40.5 Å². The Kier molecular flexibility index (Phi) is 5.88. The fraction of sp³-hybridized carbons (Fsp3) is 0.917. The first-order valence-corrected chi connectivity index (χ1v) is 5.83. The molecule has 90 valence electrons. The second kappa shape index (κ2) is 6.11. The first kappa shape index (κ1) is 14.4. The van der Waals surface area contributed by atoms with Crippen LogP contribution >= 0.6 is 0 Å². The lowest BCUT2D eigenvalue weighted by molar-refractivity contribution is -0.135. The minimum absolute atomic E-state index is 0.0104. The summed E-state index contributed by atoms with van der Waals surface area (Å²) in [6, 6.07) is 0. The van der Waals surface area contributed by atoms with Crippen molar-refractivity contribution in [2.75, 3.05) is 20.1 Å². The van der Waals surface area contributed by atoms with Crippen molar-refractivity contribution in [1.29, 1.82) is 0 Å². The van der Waals surface area contributed by atoms with Gasteiger partial charge in [0.15, 0.2) is 0 Å². The number of nitrogens with zero attached hydrogens (tertiary/aromatic N) is 1. The maximum Gasteiger partial charge on any atom is 0.225 e. The maximum absolute atomic E-state index is 12.0. The van der Waals surface area contributed by atoms with Gasteiger partial charge in [-0.05, 0) is 24.8 Å². The SMILES string of the molecule is CCC(CC)C(=O)N(C)CC(C)(C)CN. The molecule has 0 aromatic carbocycles. The summed E-state index contributed by atoms with van der Waals surface area (Å²) in [5.41, 5.74) is 5.67. The Bertz CT molecular complexity index is 198. The van der Waals surface area contributed by atoms with Crippen molar-refractivity contribution in [1.82, 2.24) is 4.90 Å². The summed E-state index contributed by atoms with van der Waals surface area (Å²) in [6.45, 7) is 9.64. The molecule has 3 heteroatoms. The summed E-state index contributed by atoms with van der Waals surface area (Å²) in [5, 5.41) is 0. The van der Waals surface area contributed by atoms with Crippen LogP contribution in [-0.2, 0) is 4.79 Å². The van der Waals surface area contributed by atoms with Gasteiger partial charge in [0.05, 0.1) is 0 Å². The summed E-state index contributed by atoms with van der Waals surface area (Å²) < 4.78 is 0. The zero-order valence-electron chi connectivity index (χ0n) is 10.8. The van der Waals surface area contributed by atoms with Gasteiger partial charge in [-0.3, -0.25) is 4.79 Å². The van der Waals surface area contributed by atoms with Crippen molar-refractivity contribution >= 4 is 5.91 Å². The second-order valence-electron chi connectivity index (χ2n) is 5.08. The number of nitrogens with two attached hydrogens (primary N) is 1. The van der Waals surface area contributed by atoms with Gasteiger partial charge in [-0.25, -0.2) is 0 Å². The maximum atomic E-state index is 12.0. The Morgan fingerprint density at radius 1 is 1.33 bits per heavy atom. The third-order valence-corrected chi connectivity index (χ3v) is 2.93. The molecule has 0 aliphatic carbocycles. The molecule has 3 nitrogen and oxygen atoms in total. The molecule has 0 aromatic rings. The minimum atomic E-state index is 0.0104. The Balaban J connectivity index is 4.32. The fourth-order valence-electron chi connectivity index (χ4n) is 1.73. The topological polar surface area (TPSA) is 46.3 Å². The lowest BCUT2D eigenvalue weighted by Crippen LogP contribution is -2.42. The molecule has 0 unspecified atom stereocenters. The molecule has 0 rings (SSSR count). The smallest absolute Gasteiger partial charge is 0.225 e. The zero-order valence-corrected chi connectivity index (χ0v) is 10.8. The van der Waals surface area contributed by atoms with Crippen LogP contribution in [0, 0.1) is 11.3 Å². The van der Waals surface area contributed by atoms with E-state index in [0.717, 1.165) is 19.4 Å². The summed E-state index contributed by atoms with van der Waals surface area (Å²) in [5.74, 6) is 0.421. The van der Waals surface area contributed by atoms with Gasteiger partial charge >= 0.3 is 0 Å². The molecule has 0 spiro atoms. The van der Waals surface area contributed by atoms with Crippen LogP contribution in [0.5, 0.6) is 0 Å². The van der Waals surface area contributed by atoms with E-state index < -0.39 is 0 Å². The number of rotatable bonds is 6. The lowest BCUT2D eigenvalue weighted by Gasteiger charge is -2.31. The second-order valence-corrected chi connectivity index (χ2v) is 5.08. The van der Waals surface area contributed by atoms with Crippen molar-refractivity contribution in [3.05, 3.63) is 0 Å². The molecule has 0 fully saturated rings. The van der Waals surface area contributed by atoms with E-state index in [1.807, 2.05) is 11.9 Å². The lowest BCUT2D eigenvalue weighted by atomic mass is 9.92. The molecule has 1 amide bonds. The van der Waals surface area contributed by atoms with Gasteiger partial charge in [-0.15, -0.1) is 0 Å². The van der Waals surface area contributed by atoms with Crippen molar-refractivity contribution in [3.63, 3.8) is 0 Å². The first-order chi connectivity index (χ1) is 6.87. The quantitative estimate of drug-likeness (QED) is 0.733. The highest BCUT2D eigenvalue weighted by atomic mass is 16.2. The molecule has 0 saturated heterocycles. The van der Waals surface area contributed by atoms with Gasteiger partial charge in [0.1, 0.15) is 0 Å². The van der Waals surface area contributed by atoms with E-state index in [4.69, 9.17) is 5.73 Å². The van der Waals surface area contributed by atoms with E-state index in [1.54, 1.807) is 0 Å². The van der Waals surface area contributed by atoms with Crippen LogP contribution < -0.4 is 5.73 Å². The summed E-state index contributed by atoms with van der Waals surface area (Å²) >= 11 is 0. The molecule has 0 heterocycles. The number of hydrogen-bond donors (Lipinski definition) is 1. The average molecular weight is 214 g/mol. The zero-order chi connectivity index (χ0) is 12.1. The number of hydrogen-bond acceptors (Lipinski definition) is 2. The molecule has 0 radical (unpaired) electrons. The molecule has 0 aliphatic rings. The molecular weight excluding hydrogens is 188 g/mol. The van der Waals surface area contributed by atoms with E-state index in [9.17, 15) is 4.79 Å². The molecule has 2 N–H and O–H groups in total. The van der Waals surface area contributed by atoms with Crippen LogP contribution in [-0.4, -0.2) is 30.9 Å². The van der Waals surface area contributed by atoms with Crippen molar-refractivity contribution in [2.24, 2.45) is 17.1 Å². The highest BCUT2D eigenvalue weighted by Gasteiger charge is 2.24. The Hall–Kier alpha value is -0.570. The molecule has 0 atom stereocenters. The highest BCUT2D eigenvalue weighted by Crippen LogP contribution is 2.17. The summed E-state index contributed by atoms with van der Waals surface area (Å²) in [7, 11) is 1.87.